The number of carbonyl (C=O) groups is 2. The van der Waals surface area contributed by atoms with Gasteiger partial charge in [0.2, 0.25) is 0 Å². The summed E-state index contributed by atoms with van der Waals surface area (Å²) in [4.78, 5) is 26.2. The summed E-state index contributed by atoms with van der Waals surface area (Å²) in [5, 5.41) is 13.8. The topological polar surface area (TPSA) is 91.6 Å². The average molecular weight is 336 g/mol. The Kier molecular flexibility index (Phi) is 3.77. The molecule has 0 spiro atoms. The Morgan fingerprint density at radius 2 is 2.12 bits per heavy atom. The zero-order valence-corrected chi connectivity index (χ0v) is 13.3. The van der Waals surface area contributed by atoms with Crippen LogP contribution in [0.1, 0.15) is 16.8 Å². The third-order valence-electron chi connectivity index (χ3n) is 4.04. The lowest BCUT2D eigenvalue weighted by atomic mass is 10.2. The molecule has 0 aliphatic carbocycles. The molecule has 8 nitrogen and oxygen atoms in total. The minimum atomic E-state index is -0.275. The van der Waals surface area contributed by atoms with Crippen LogP contribution in [0.2, 0.25) is 0 Å². The number of fused-ring (bicyclic) bond motifs is 1. The first-order valence-corrected chi connectivity index (χ1v) is 7.98. The minimum Gasteiger partial charge on any atom is -0.338 e. The second-order valence-corrected chi connectivity index (χ2v) is 5.70. The van der Waals surface area contributed by atoms with Crippen LogP contribution in [0.3, 0.4) is 0 Å². The minimum absolute atomic E-state index is 0.122. The lowest BCUT2D eigenvalue weighted by molar-refractivity contribution is 0.102. The summed E-state index contributed by atoms with van der Waals surface area (Å²) < 4.78 is 1.41. The predicted molar refractivity (Wildman–Crippen MR) is 92.7 cm³/mol. The first-order valence-electron chi connectivity index (χ1n) is 7.98. The molecule has 0 saturated carbocycles. The van der Waals surface area contributed by atoms with Crippen molar-refractivity contribution in [2.75, 3.05) is 23.3 Å². The number of carbonyl (C=O) groups excluding carboxylic acids is 2. The highest BCUT2D eigenvalue weighted by Crippen LogP contribution is 2.22. The molecule has 3 amide bonds. The zero-order chi connectivity index (χ0) is 17.2. The molecule has 3 heterocycles. The molecule has 8 heteroatoms. The molecule has 0 unspecified atom stereocenters. The van der Waals surface area contributed by atoms with Crippen LogP contribution in [0.4, 0.5) is 16.2 Å². The van der Waals surface area contributed by atoms with Crippen LogP contribution in [0.15, 0.2) is 48.8 Å². The van der Waals surface area contributed by atoms with Crippen LogP contribution in [-0.4, -0.2) is 39.9 Å². The molecule has 2 aromatic heterocycles. The van der Waals surface area contributed by atoms with Crippen molar-refractivity contribution in [3.05, 3.63) is 54.4 Å². The van der Waals surface area contributed by atoms with E-state index < -0.39 is 0 Å². The maximum Gasteiger partial charge on any atom is 0.321 e. The van der Waals surface area contributed by atoms with Gasteiger partial charge in [0, 0.05) is 30.7 Å². The number of rotatable bonds is 3. The highest BCUT2D eigenvalue weighted by molar-refractivity contribution is 6.09. The number of anilines is 2. The van der Waals surface area contributed by atoms with E-state index >= 15 is 0 Å². The molecule has 4 rings (SSSR count). The Balaban J connectivity index is 1.57. The predicted octanol–water partition coefficient (Wildman–Crippen LogP) is 1.90. The number of hydrogen-bond donors (Lipinski definition) is 2. The number of benzene rings is 1. The van der Waals surface area contributed by atoms with Gasteiger partial charge in [-0.3, -0.25) is 9.69 Å². The van der Waals surface area contributed by atoms with Crippen LogP contribution in [0, 0.1) is 0 Å². The van der Waals surface area contributed by atoms with E-state index in [-0.39, 0.29) is 11.9 Å². The van der Waals surface area contributed by atoms with Gasteiger partial charge in [-0.25, -0.2) is 4.79 Å². The monoisotopic (exact) mass is 336 g/mol. The number of hydrogen-bond acceptors (Lipinski definition) is 4. The molecule has 3 aromatic rings. The van der Waals surface area contributed by atoms with Gasteiger partial charge in [-0.15, -0.1) is 0 Å². The number of nitrogens with one attached hydrogen (secondary N) is 2. The van der Waals surface area contributed by atoms with Crippen molar-refractivity contribution in [2.24, 2.45) is 0 Å². The van der Waals surface area contributed by atoms with Gasteiger partial charge in [-0.1, -0.05) is 6.07 Å². The van der Waals surface area contributed by atoms with E-state index in [2.05, 4.69) is 20.8 Å². The number of amides is 3. The van der Waals surface area contributed by atoms with Crippen LogP contribution in [0.25, 0.3) is 5.52 Å². The van der Waals surface area contributed by atoms with Crippen LogP contribution in [0.5, 0.6) is 0 Å². The van der Waals surface area contributed by atoms with Crippen molar-refractivity contribution < 1.29 is 9.59 Å². The smallest absolute Gasteiger partial charge is 0.321 e. The first-order chi connectivity index (χ1) is 12.2. The third-order valence-corrected chi connectivity index (χ3v) is 4.04. The molecule has 2 N–H and O–H groups in total. The van der Waals surface area contributed by atoms with Crippen molar-refractivity contribution in [1.29, 1.82) is 0 Å². The van der Waals surface area contributed by atoms with E-state index in [0.717, 1.165) is 12.1 Å². The van der Waals surface area contributed by atoms with Gasteiger partial charge in [-0.2, -0.15) is 14.8 Å². The van der Waals surface area contributed by atoms with Gasteiger partial charge < -0.3 is 10.6 Å². The number of urea groups is 1. The van der Waals surface area contributed by atoms with Crippen molar-refractivity contribution in [3.8, 4) is 0 Å². The first kappa shape index (κ1) is 15.1. The molecule has 1 saturated heterocycles. The number of aromatic nitrogens is 3. The van der Waals surface area contributed by atoms with Crippen molar-refractivity contribution >= 4 is 28.8 Å². The molecular formula is C17H16N6O2. The van der Waals surface area contributed by atoms with Crippen LogP contribution < -0.4 is 15.5 Å². The van der Waals surface area contributed by atoms with E-state index in [1.165, 1.54) is 10.8 Å². The Bertz CT molecular complexity index is 951. The zero-order valence-electron chi connectivity index (χ0n) is 13.3. The number of nitrogens with zero attached hydrogens (tertiary/aromatic N) is 4. The quantitative estimate of drug-likeness (QED) is 0.764. The molecule has 1 aliphatic rings. The normalized spacial score (nSPS) is 14.4. The second-order valence-electron chi connectivity index (χ2n) is 5.70. The Hall–Kier alpha value is -3.42. The summed E-state index contributed by atoms with van der Waals surface area (Å²) in [5.41, 5.74) is 2.43. The van der Waals surface area contributed by atoms with Crippen molar-refractivity contribution in [1.82, 2.24) is 20.1 Å². The lowest BCUT2D eigenvalue weighted by Crippen LogP contribution is -2.46. The SMILES string of the molecule is O=C(Nc1cccc(N2CCCNC2=O)c1)c1cnn2ncccc12. The van der Waals surface area contributed by atoms with Crippen molar-refractivity contribution in [2.45, 2.75) is 6.42 Å². The molecule has 0 radical (unpaired) electrons. The van der Waals surface area contributed by atoms with Gasteiger partial charge in [0.05, 0.1) is 11.8 Å². The molecule has 25 heavy (non-hydrogen) atoms. The van der Waals surface area contributed by atoms with E-state index in [1.54, 1.807) is 35.4 Å². The van der Waals surface area contributed by atoms with Crippen molar-refractivity contribution in [3.63, 3.8) is 0 Å². The van der Waals surface area contributed by atoms with Gasteiger partial charge >= 0.3 is 6.03 Å². The standard InChI is InChI=1S/C17H16N6O2/c24-16(14-11-20-23-15(14)6-2-8-19-23)21-12-4-1-5-13(10-12)22-9-3-7-18-17(22)25/h1-2,4-6,8,10-11H,3,7,9H2,(H,18,25)(H,21,24). The molecular weight excluding hydrogens is 320 g/mol. The Morgan fingerprint density at radius 3 is 3.00 bits per heavy atom. The molecule has 0 atom stereocenters. The largest absolute Gasteiger partial charge is 0.338 e. The van der Waals surface area contributed by atoms with E-state index in [1.807, 2.05) is 12.1 Å². The molecule has 1 aromatic carbocycles. The van der Waals surface area contributed by atoms with E-state index in [0.29, 0.717) is 29.9 Å². The Morgan fingerprint density at radius 1 is 1.20 bits per heavy atom. The van der Waals surface area contributed by atoms with Gasteiger partial charge in [0.15, 0.2) is 0 Å². The maximum atomic E-state index is 12.6. The van der Waals surface area contributed by atoms with E-state index in [9.17, 15) is 9.59 Å². The summed E-state index contributed by atoms with van der Waals surface area (Å²) in [6.07, 6.45) is 3.98. The van der Waals surface area contributed by atoms with Crippen LogP contribution in [-0.2, 0) is 0 Å². The van der Waals surface area contributed by atoms with Crippen LogP contribution >= 0.6 is 0 Å². The van der Waals surface area contributed by atoms with Gasteiger partial charge in [0.25, 0.3) is 5.91 Å². The van der Waals surface area contributed by atoms with Gasteiger partial charge in [0.1, 0.15) is 5.52 Å². The van der Waals surface area contributed by atoms with E-state index in [4.69, 9.17) is 0 Å². The molecule has 0 bridgehead atoms. The fraction of sp³-hybridized carbons (Fsp3) is 0.176. The average Bonchev–Trinajstić information content (AvgIpc) is 3.06. The maximum absolute atomic E-state index is 12.6. The highest BCUT2D eigenvalue weighted by atomic mass is 16.2. The molecule has 1 fully saturated rings. The summed E-state index contributed by atoms with van der Waals surface area (Å²) >= 11 is 0. The summed E-state index contributed by atoms with van der Waals surface area (Å²) in [6.45, 7) is 1.34. The summed E-state index contributed by atoms with van der Waals surface area (Å²) in [7, 11) is 0. The second kappa shape index (κ2) is 6.23. The Labute approximate surface area is 143 Å². The molecule has 1 aliphatic heterocycles. The fourth-order valence-corrected chi connectivity index (χ4v) is 2.83. The third kappa shape index (κ3) is 2.89. The lowest BCUT2D eigenvalue weighted by Gasteiger charge is -2.27. The summed E-state index contributed by atoms with van der Waals surface area (Å²) in [5.74, 6) is -0.275. The highest BCUT2D eigenvalue weighted by Gasteiger charge is 2.20. The fourth-order valence-electron chi connectivity index (χ4n) is 2.83. The summed E-state index contributed by atoms with van der Waals surface area (Å²) in [6, 6.07) is 10.6. The van der Waals surface area contributed by atoms with Gasteiger partial charge in [-0.05, 0) is 36.8 Å². The molecule has 126 valence electrons.